The van der Waals surface area contributed by atoms with E-state index in [0.717, 1.165) is 19.3 Å². The second kappa shape index (κ2) is 8.70. The van der Waals surface area contributed by atoms with Gasteiger partial charge in [-0.3, -0.25) is 4.79 Å². The van der Waals surface area contributed by atoms with Crippen molar-refractivity contribution in [2.24, 2.45) is 11.7 Å². The molecule has 0 spiro atoms. The number of halogens is 1. The van der Waals surface area contributed by atoms with Crippen molar-refractivity contribution < 1.29 is 9.53 Å². The molecule has 1 aromatic carbocycles. The third-order valence-electron chi connectivity index (χ3n) is 3.77. The summed E-state index contributed by atoms with van der Waals surface area (Å²) in [5.41, 5.74) is 6.31. The van der Waals surface area contributed by atoms with Crippen LogP contribution in [0.2, 0.25) is 0 Å². The van der Waals surface area contributed by atoms with Gasteiger partial charge in [-0.15, -0.1) is 12.4 Å². The van der Waals surface area contributed by atoms with Gasteiger partial charge in [-0.25, -0.2) is 0 Å². The summed E-state index contributed by atoms with van der Waals surface area (Å²) in [5.74, 6) is 0.891. The number of nitrogens with two attached hydrogens (primary N) is 1. The van der Waals surface area contributed by atoms with Crippen molar-refractivity contribution in [1.29, 1.82) is 0 Å². The Hall–Kier alpha value is -1.52. The molecule has 2 atom stereocenters. The third-order valence-corrected chi connectivity index (χ3v) is 3.77. The van der Waals surface area contributed by atoms with Crippen molar-refractivity contribution in [2.75, 3.05) is 13.2 Å². The Morgan fingerprint density at radius 1 is 1.43 bits per heavy atom. The molecule has 0 radical (unpaired) electrons. The Balaban J connectivity index is 0.00000220. The first-order chi connectivity index (χ1) is 9.76. The lowest BCUT2D eigenvalue weighted by Crippen LogP contribution is -2.40. The summed E-state index contributed by atoms with van der Waals surface area (Å²) in [4.78, 5) is 12.4. The van der Waals surface area contributed by atoms with Gasteiger partial charge in [0.25, 0.3) is 5.91 Å². The van der Waals surface area contributed by atoms with Crippen LogP contribution in [0.3, 0.4) is 0 Å². The number of ether oxygens (including phenoxy) is 1. The summed E-state index contributed by atoms with van der Waals surface area (Å²) in [6, 6.07) is 7.45. The standard InChI is InChI=1S/C16H22N2O2.ClH/c1-2-10-20-15-9-4-3-7-13(15)16(19)18-14-8-5-6-12(14)11-17;/h2-4,7,9,12,14H,1,5-6,8,10-11,17H2,(H,18,19);1H. The van der Waals surface area contributed by atoms with Crippen LogP contribution in [0.25, 0.3) is 0 Å². The Morgan fingerprint density at radius 3 is 2.90 bits per heavy atom. The molecule has 21 heavy (non-hydrogen) atoms. The zero-order valence-corrected chi connectivity index (χ0v) is 12.9. The van der Waals surface area contributed by atoms with Gasteiger partial charge in [0.15, 0.2) is 0 Å². The van der Waals surface area contributed by atoms with Crippen LogP contribution in [0.1, 0.15) is 29.6 Å². The number of para-hydroxylation sites is 1. The largest absolute Gasteiger partial charge is 0.489 e. The fraction of sp³-hybridized carbons (Fsp3) is 0.438. The number of amides is 1. The second-order valence-electron chi connectivity index (χ2n) is 5.10. The van der Waals surface area contributed by atoms with E-state index in [2.05, 4.69) is 11.9 Å². The number of hydrogen-bond donors (Lipinski definition) is 2. The van der Waals surface area contributed by atoms with Crippen molar-refractivity contribution in [3.63, 3.8) is 0 Å². The molecule has 2 unspecified atom stereocenters. The van der Waals surface area contributed by atoms with Crippen molar-refractivity contribution in [2.45, 2.75) is 25.3 Å². The summed E-state index contributed by atoms with van der Waals surface area (Å²) < 4.78 is 5.52. The Labute approximate surface area is 132 Å². The van der Waals surface area contributed by atoms with E-state index in [0.29, 0.717) is 30.4 Å². The number of benzene rings is 1. The van der Waals surface area contributed by atoms with Gasteiger partial charge in [-0.05, 0) is 37.4 Å². The Kier molecular flexibility index (Phi) is 7.26. The van der Waals surface area contributed by atoms with Crippen LogP contribution in [-0.4, -0.2) is 25.1 Å². The molecule has 0 heterocycles. The Morgan fingerprint density at radius 2 is 2.19 bits per heavy atom. The molecule has 1 amide bonds. The minimum absolute atomic E-state index is 0. The molecule has 2 rings (SSSR count). The molecular formula is C16H23ClN2O2. The minimum Gasteiger partial charge on any atom is -0.489 e. The number of carbonyl (C=O) groups is 1. The first-order valence-electron chi connectivity index (χ1n) is 7.10. The van der Waals surface area contributed by atoms with E-state index in [1.54, 1.807) is 18.2 Å². The van der Waals surface area contributed by atoms with Crippen LogP contribution in [0.5, 0.6) is 5.75 Å². The summed E-state index contributed by atoms with van der Waals surface area (Å²) in [5, 5.41) is 3.09. The van der Waals surface area contributed by atoms with Crippen molar-refractivity contribution in [1.82, 2.24) is 5.32 Å². The molecule has 0 aromatic heterocycles. The fourth-order valence-corrected chi connectivity index (χ4v) is 2.68. The smallest absolute Gasteiger partial charge is 0.255 e. The van der Waals surface area contributed by atoms with E-state index >= 15 is 0 Å². The number of carbonyl (C=O) groups excluding carboxylic acids is 1. The van der Waals surface area contributed by atoms with Gasteiger partial charge in [-0.1, -0.05) is 31.2 Å². The van der Waals surface area contributed by atoms with Crippen LogP contribution in [-0.2, 0) is 0 Å². The topological polar surface area (TPSA) is 64.3 Å². The first kappa shape index (κ1) is 17.5. The first-order valence-corrected chi connectivity index (χ1v) is 7.10. The maximum absolute atomic E-state index is 12.4. The van der Waals surface area contributed by atoms with Crippen LogP contribution in [0.15, 0.2) is 36.9 Å². The van der Waals surface area contributed by atoms with Gasteiger partial charge in [0.05, 0.1) is 5.56 Å². The molecule has 1 aliphatic rings. The van der Waals surface area contributed by atoms with Crippen molar-refractivity contribution >= 4 is 18.3 Å². The molecule has 0 bridgehead atoms. The van der Waals surface area contributed by atoms with Gasteiger partial charge in [0.1, 0.15) is 12.4 Å². The highest BCUT2D eigenvalue weighted by atomic mass is 35.5. The van der Waals surface area contributed by atoms with Gasteiger partial charge in [0.2, 0.25) is 0 Å². The third kappa shape index (κ3) is 4.48. The van der Waals surface area contributed by atoms with E-state index in [4.69, 9.17) is 10.5 Å². The number of nitrogens with one attached hydrogen (secondary N) is 1. The molecule has 3 N–H and O–H groups in total. The van der Waals surface area contributed by atoms with E-state index < -0.39 is 0 Å². The minimum atomic E-state index is -0.0880. The summed E-state index contributed by atoms with van der Waals surface area (Å²) >= 11 is 0. The van der Waals surface area contributed by atoms with Crippen LogP contribution in [0, 0.1) is 5.92 Å². The fourth-order valence-electron chi connectivity index (χ4n) is 2.68. The highest BCUT2D eigenvalue weighted by Gasteiger charge is 2.28. The number of rotatable bonds is 6. The van der Waals surface area contributed by atoms with Gasteiger partial charge in [0, 0.05) is 6.04 Å². The highest BCUT2D eigenvalue weighted by molar-refractivity contribution is 5.97. The van der Waals surface area contributed by atoms with Crippen molar-refractivity contribution in [3.8, 4) is 5.75 Å². The highest BCUT2D eigenvalue weighted by Crippen LogP contribution is 2.26. The van der Waals surface area contributed by atoms with Crippen LogP contribution in [0.4, 0.5) is 0 Å². The van der Waals surface area contributed by atoms with Crippen LogP contribution < -0.4 is 15.8 Å². The average Bonchev–Trinajstić information content (AvgIpc) is 2.92. The zero-order chi connectivity index (χ0) is 14.4. The summed E-state index contributed by atoms with van der Waals surface area (Å²) in [6.07, 6.45) is 4.89. The zero-order valence-electron chi connectivity index (χ0n) is 12.1. The maximum atomic E-state index is 12.4. The van der Waals surface area contributed by atoms with E-state index in [9.17, 15) is 4.79 Å². The van der Waals surface area contributed by atoms with E-state index in [1.807, 2.05) is 12.1 Å². The monoisotopic (exact) mass is 310 g/mol. The van der Waals surface area contributed by atoms with E-state index in [1.165, 1.54) is 0 Å². The predicted octanol–water partition coefficient (Wildman–Crippen LogP) is 2.53. The molecule has 116 valence electrons. The van der Waals surface area contributed by atoms with Crippen LogP contribution >= 0.6 is 12.4 Å². The normalized spacial score (nSPS) is 20.4. The van der Waals surface area contributed by atoms with Gasteiger partial charge < -0.3 is 15.8 Å². The average molecular weight is 311 g/mol. The predicted molar refractivity (Wildman–Crippen MR) is 87.0 cm³/mol. The number of hydrogen-bond acceptors (Lipinski definition) is 3. The molecule has 1 saturated carbocycles. The molecule has 0 saturated heterocycles. The second-order valence-corrected chi connectivity index (χ2v) is 5.10. The molecule has 1 aromatic rings. The molecule has 1 aliphatic carbocycles. The molecular weight excluding hydrogens is 288 g/mol. The van der Waals surface area contributed by atoms with Crippen molar-refractivity contribution in [3.05, 3.63) is 42.5 Å². The molecule has 0 aliphatic heterocycles. The lowest BCUT2D eigenvalue weighted by Gasteiger charge is -2.20. The van der Waals surface area contributed by atoms with Gasteiger partial charge >= 0.3 is 0 Å². The molecule has 1 fully saturated rings. The lowest BCUT2D eigenvalue weighted by atomic mass is 10.0. The summed E-state index contributed by atoms with van der Waals surface area (Å²) in [7, 11) is 0. The maximum Gasteiger partial charge on any atom is 0.255 e. The SMILES string of the molecule is C=CCOc1ccccc1C(=O)NC1CCCC1CN.Cl. The Bertz CT molecular complexity index is 479. The van der Waals surface area contributed by atoms with E-state index in [-0.39, 0.29) is 24.4 Å². The quantitative estimate of drug-likeness (QED) is 0.794. The van der Waals surface area contributed by atoms with Gasteiger partial charge in [-0.2, -0.15) is 0 Å². The lowest BCUT2D eigenvalue weighted by molar-refractivity contribution is 0.0925. The summed E-state index contributed by atoms with van der Waals surface area (Å²) in [6.45, 7) is 4.63. The molecule has 4 nitrogen and oxygen atoms in total. The molecule has 5 heteroatoms.